The summed E-state index contributed by atoms with van der Waals surface area (Å²) in [4.78, 5) is 23.3. The zero-order valence-corrected chi connectivity index (χ0v) is 49.8. The summed E-state index contributed by atoms with van der Waals surface area (Å²) in [5, 5.41) is 50.4. The maximum Gasteiger partial charge on any atom is 0.472 e. The predicted octanol–water partition coefficient (Wildman–Crippen LogP) is 16.4. The summed E-state index contributed by atoms with van der Waals surface area (Å²) in [6.07, 6.45) is 50.9. The van der Waals surface area contributed by atoms with Gasteiger partial charge in [0.05, 0.1) is 13.2 Å². The Hall–Kier alpha value is -0.660. The lowest BCUT2D eigenvalue weighted by molar-refractivity contribution is -0.220. The molecular formula is C62H123O12P. The minimum absolute atomic E-state index is 0.0677. The number of carbonyl (C=O) groups excluding carboxylic acids is 1. The van der Waals surface area contributed by atoms with E-state index in [1.807, 2.05) is 0 Å². The fourth-order valence-electron chi connectivity index (χ4n) is 10.7. The standard InChI is InChI=1S/C62H123O12P/c1-3-5-7-9-11-13-15-17-18-19-20-21-22-23-24-25-26-27-28-29-30-31-32-33-34-35-36-37-38-39-40-41-43-45-47-49-51-56(63)73-55(53-71-52-50-48-46-44-42-16-14-12-10-8-6-4-2)54-72-75(69,70)74-62-60(67)58(65)57(64)59(66)61(62)68/h55,57-62,64-68H,3-54H2,1-2H3,(H,69,70)/t55-,57?,58-,59?,60?,61?,62?/m1/s1. The Morgan fingerprint density at radius 1 is 0.373 bits per heavy atom. The van der Waals surface area contributed by atoms with Gasteiger partial charge in [0.25, 0.3) is 0 Å². The number of hydrogen-bond acceptors (Lipinski definition) is 11. The van der Waals surface area contributed by atoms with Gasteiger partial charge < -0.3 is 39.9 Å². The second-order valence-corrected chi connectivity index (χ2v) is 24.4. The SMILES string of the molecule is CCCCCCCCCCCCCCCCCCCCCCCCCCCCCCCCCCCCCCC(=O)O[C@H](COCCCCCCCCCCCCCC)COP(=O)(O)OC1C(O)C(O)C(O)[C@@H](O)C1O. The molecule has 6 unspecified atom stereocenters. The van der Waals surface area contributed by atoms with Crippen LogP contribution in [0.5, 0.6) is 0 Å². The quantitative estimate of drug-likeness (QED) is 0.0192. The molecule has 0 amide bonds. The van der Waals surface area contributed by atoms with Crippen LogP contribution in [0, 0.1) is 0 Å². The van der Waals surface area contributed by atoms with Crippen LogP contribution in [0.4, 0.5) is 0 Å². The van der Waals surface area contributed by atoms with Crippen molar-refractivity contribution in [2.75, 3.05) is 19.8 Å². The third-order valence-electron chi connectivity index (χ3n) is 15.7. The fourth-order valence-corrected chi connectivity index (χ4v) is 11.6. The zero-order valence-electron chi connectivity index (χ0n) is 48.9. The molecule has 0 aromatic carbocycles. The van der Waals surface area contributed by atoms with Gasteiger partial charge in [-0.2, -0.15) is 0 Å². The highest BCUT2D eigenvalue weighted by atomic mass is 31.2. The van der Waals surface area contributed by atoms with Gasteiger partial charge in [0.15, 0.2) is 0 Å². The van der Waals surface area contributed by atoms with E-state index in [1.165, 1.54) is 263 Å². The van der Waals surface area contributed by atoms with Crippen LogP contribution in [0.1, 0.15) is 328 Å². The molecule has 1 rings (SSSR count). The molecule has 0 aromatic rings. The molecule has 0 aromatic heterocycles. The van der Waals surface area contributed by atoms with Crippen molar-refractivity contribution in [3.63, 3.8) is 0 Å². The first-order valence-electron chi connectivity index (χ1n) is 32.4. The van der Waals surface area contributed by atoms with Crippen LogP contribution < -0.4 is 0 Å². The Bertz CT molecular complexity index is 1250. The van der Waals surface area contributed by atoms with Gasteiger partial charge in [0.1, 0.15) is 42.7 Å². The fraction of sp³-hybridized carbons (Fsp3) is 0.984. The van der Waals surface area contributed by atoms with Gasteiger partial charge >= 0.3 is 13.8 Å². The minimum Gasteiger partial charge on any atom is -0.457 e. The average Bonchev–Trinajstić information content (AvgIpc) is 3.40. The van der Waals surface area contributed by atoms with E-state index in [-0.39, 0.29) is 13.0 Å². The summed E-state index contributed by atoms with van der Waals surface area (Å²) in [6.45, 7) is 4.33. The van der Waals surface area contributed by atoms with E-state index in [2.05, 4.69) is 13.8 Å². The smallest absolute Gasteiger partial charge is 0.457 e. The Morgan fingerprint density at radius 2 is 0.627 bits per heavy atom. The molecule has 0 bridgehead atoms. The van der Waals surface area contributed by atoms with E-state index in [4.69, 9.17) is 18.5 Å². The largest absolute Gasteiger partial charge is 0.472 e. The van der Waals surface area contributed by atoms with Crippen molar-refractivity contribution >= 4 is 13.8 Å². The first-order chi connectivity index (χ1) is 36.5. The molecule has 8 atom stereocenters. The number of phosphoric acid groups is 1. The van der Waals surface area contributed by atoms with Crippen molar-refractivity contribution in [1.82, 2.24) is 0 Å². The second kappa shape index (κ2) is 52.7. The number of ether oxygens (including phenoxy) is 2. The third-order valence-corrected chi connectivity index (χ3v) is 16.7. The van der Waals surface area contributed by atoms with Crippen LogP contribution in [-0.2, 0) is 27.9 Å². The van der Waals surface area contributed by atoms with E-state index >= 15 is 0 Å². The lowest BCUT2D eigenvalue weighted by atomic mass is 9.85. The monoisotopic (exact) mass is 1090 g/mol. The molecule has 0 radical (unpaired) electrons. The number of aliphatic hydroxyl groups excluding tert-OH is 5. The van der Waals surface area contributed by atoms with Gasteiger partial charge in [-0.3, -0.25) is 13.8 Å². The number of rotatable bonds is 58. The highest BCUT2D eigenvalue weighted by Gasteiger charge is 2.51. The van der Waals surface area contributed by atoms with Crippen LogP contribution in [0.25, 0.3) is 0 Å². The van der Waals surface area contributed by atoms with Crippen LogP contribution in [0.3, 0.4) is 0 Å². The molecule has 1 saturated carbocycles. The van der Waals surface area contributed by atoms with E-state index in [0.717, 1.165) is 38.5 Å². The normalized spacial score (nSPS) is 20.2. The van der Waals surface area contributed by atoms with Crippen LogP contribution >= 0.6 is 7.82 Å². The number of aliphatic hydroxyl groups is 5. The van der Waals surface area contributed by atoms with Crippen molar-refractivity contribution in [1.29, 1.82) is 0 Å². The lowest BCUT2D eigenvalue weighted by Gasteiger charge is -2.41. The van der Waals surface area contributed by atoms with Crippen molar-refractivity contribution in [2.24, 2.45) is 0 Å². The van der Waals surface area contributed by atoms with Gasteiger partial charge in [0.2, 0.25) is 0 Å². The molecule has 448 valence electrons. The highest BCUT2D eigenvalue weighted by Crippen LogP contribution is 2.47. The molecule has 75 heavy (non-hydrogen) atoms. The summed E-state index contributed by atoms with van der Waals surface area (Å²) >= 11 is 0. The van der Waals surface area contributed by atoms with Gasteiger partial charge in [-0.05, 0) is 12.8 Å². The Morgan fingerprint density at radius 3 is 0.920 bits per heavy atom. The maximum absolute atomic E-state index is 12.9. The zero-order chi connectivity index (χ0) is 54.7. The van der Waals surface area contributed by atoms with Gasteiger partial charge in [-0.15, -0.1) is 0 Å². The first-order valence-corrected chi connectivity index (χ1v) is 33.9. The first kappa shape index (κ1) is 72.4. The van der Waals surface area contributed by atoms with Crippen LogP contribution in [0.15, 0.2) is 0 Å². The molecule has 0 saturated heterocycles. The Kier molecular flexibility index (Phi) is 50.8. The van der Waals surface area contributed by atoms with Gasteiger partial charge in [0, 0.05) is 13.0 Å². The van der Waals surface area contributed by atoms with Crippen molar-refractivity contribution in [3.05, 3.63) is 0 Å². The van der Waals surface area contributed by atoms with Crippen molar-refractivity contribution in [3.8, 4) is 0 Å². The highest BCUT2D eigenvalue weighted by molar-refractivity contribution is 7.47. The lowest BCUT2D eigenvalue weighted by Crippen LogP contribution is -2.64. The summed E-state index contributed by atoms with van der Waals surface area (Å²) in [5.74, 6) is -0.467. The second-order valence-electron chi connectivity index (χ2n) is 23.0. The molecule has 1 aliphatic rings. The van der Waals surface area contributed by atoms with E-state index in [1.54, 1.807) is 0 Å². The molecule has 0 heterocycles. The van der Waals surface area contributed by atoms with Crippen LogP contribution in [0.2, 0.25) is 0 Å². The topological polar surface area (TPSA) is 192 Å². The maximum atomic E-state index is 12.9. The van der Waals surface area contributed by atoms with Crippen molar-refractivity contribution < 1.29 is 58.3 Å². The Labute approximate surface area is 461 Å². The summed E-state index contributed by atoms with van der Waals surface area (Å²) in [7, 11) is -5.02. The van der Waals surface area contributed by atoms with E-state index in [0.29, 0.717) is 13.0 Å². The molecule has 1 fully saturated rings. The predicted molar refractivity (Wildman–Crippen MR) is 309 cm³/mol. The van der Waals surface area contributed by atoms with Gasteiger partial charge in [-0.1, -0.05) is 309 Å². The van der Waals surface area contributed by atoms with Crippen LogP contribution in [-0.4, -0.2) is 98.9 Å². The molecule has 6 N–H and O–H groups in total. The summed E-state index contributed by atoms with van der Waals surface area (Å²) in [6, 6.07) is 0. The number of unbranched alkanes of at least 4 members (excludes halogenated alkanes) is 46. The number of hydrogen-bond donors (Lipinski definition) is 6. The average molecular weight is 1090 g/mol. The van der Waals surface area contributed by atoms with Gasteiger partial charge in [-0.25, -0.2) is 4.57 Å². The van der Waals surface area contributed by atoms with E-state index in [9.17, 15) is 39.8 Å². The number of carbonyl (C=O) groups is 1. The number of esters is 1. The molecule has 0 aliphatic heterocycles. The van der Waals surface area contributed by atoms with Crippen molar-refractivity contribution in [2.45, 2.75) is 371 Å². The molecular weight excluding hydrogens is 968 g/mol. The third kappa shape index (κ3) is 43.8. The molecule has 13 heteroatoms. The minimum atomic E-state index is -5.02. The summed E-state index contributed by atoms with van der Waals surface area (Å²) in [5.41, 5.74) is 0. The summed E-state index contributed by atoms with van der Waals surface area (Å²) < 4.78 is 34.4. The molecule has 12 nitrogen and oxygen atoms in total. The van der Waals surface area contributed by atoms with E-state index < -0.39 is 63.1 Å². The molecule has 1 aliphatic carbocycles. The Balaban J connectivity index is 2.07. The number of phosphoric ester groups is 1. The molecule has 0 spiro atoms.